The lowest BCUT2D eigenvalue weighted by Crippen LogP contribution is -2.65. The van der Waals surface area contributed by atoms with Crippen molar-refractivity contribution in [2.75, 3.05) is 13.2 Å². The van der Waals surface area contributed by atoms with E-state index in [2.05, 4.69) is 27.7 Å². The predicted molar refractivity (Wildman–Crippen MR) is 256 cm³/mol. The summed E-state index contributed by atoms with van der Waals surface area (Å²) < 4.78 is 72.9. The normalized spacial score (nSPS) is 38.4. The summed E-state index contributed by atoms with van der Waals surface area (Å²) in [4.78, 5) is 12.7. The second-order valence-corrected chi connectivity index (χ2v) is 19.8. The molecule has 0 radical (unpaired) electrons. The summed E-state index contributed by atoms with van der Waals surface area (Å²) in [5.74, 6) is -0.919. The molecule has 8 unspecified atom stereocenters. The molecule has 14 nitrogen and oxygen atoms in total. The van der Waals surface area contributed by atoms with E-state index in [1.807, 2.05) is 119 Å². The van der Waals surface area contributed by atoms with Crippen LogP contribution in [0.4, 0.5) is 0 Å². The van der Waals surface area contributed by atoms with Crippen molar-refractivity contribution in [3.63, 3.8) is 0 Å². The van der Waals surface area contributed by atoms with E-state index in [0.29, 0.717) is 19.6 Å². The molecular weight excluding hydrogens is 885 g/mol. The van der Waals surface area contributed by atoms with Crippen LogP contribution in [-0.2, 0) is 76.7 Å². The van der Waals surface area contributed by atoms with Crippen molar-refractivity contribution >= 4 is 5.97 Å². The van der Waals surface area contributed by atoms with Crippen molar-refractivity contribution in [2.24, 2.45) is 35.5 Å². The van der Waals surface area contributed by atoms with Gasteiger partial charge in [0.05, 0.1) is 51.3 Å². The third-order valence-electron chi connectivity index (χ3n) is 15.2. The fraction of sp³-hybridized carbons (Fsp3) is 0.655. The molecule has 0 amide bonds. The molecule has 3 aromatic rings. The van der Waals surface area contributed by atoms with Gasteiger partial charge in [0.1, 0.15) is 36.6 Å². The maximum Gasteiger partial charge on any atom is 0.303 e. The van der Waals surface area contributed by atoms with E-state index in [1.165, 1.54) is 6.92 Å². The van der Waals surface area contributed by atoms with Gasteiger partial charge in [0.25, 0.3) is 0 Å². The molecule has 4 fully saturated rings. The van der Waals surface area contributed by atoms with Crippen LogP contribution < -0.4 is 0 Å². The van der Waals surface area contributed by atoms with E-state index < -0.39 is 80.0 Å². The summed E-state index contributed by atoms with van der Waals surface area (Å²) in [5.41, 5.74) is 2.91. The Kier molecular flexibility index (Phi) is 19.6. The monoisotopic (exact) mass is 963 g/mol. The largest absolute Gasteiger partial charge is 0.457 e. The first-order valence-electron chi connectivity index (χ1n) is 25.3. The van der Waals surface area contributed by atoms with Gasteiger partial charge in [-0.15, -0.1) is 0 Å². The molecule has 4 heterocycles. The van der Waals surface area contributed by atoms with Crippen molar-refractivity contribution in [3.05, 3.63) is 108 Å². The fourth-order valence-corrected chi connectivity index (χ4v) is 10.2. The first kappa shape index (κ1) is 53.4. The highest BCUT2D eigenvalue weighted by Crippen LogP contribution is 2.41. The van der Waals surface area contributed by atoms with Gasteiger partial charge in [-0.3, -0.25) is 4.79 Å². The van der Waals surface area contributed by atoms with Gasteiger partial charge in [-0.1, -0.05) is 146 Å². The summed E-state index contributed by atoms with van der Waals surface area (Å²) >= 11 is 0. The van der Waals surface area contributed by atoms with Crippen LogP contribution in [0.3, 0.4) is 0 Å². The Morgan fingerprint density at radius 3 is 1.52 bits per heavy atom. The van der Waals surface area contributed by atoms with Crippen molar-refractivity contribution in [2.45, 2.75) is 181 Å². The topological polar surface area (TPSA) is 159 Å². The Balaban J connectivity index is 1.23. The molecule has 3 aromatic carbocycles. The molecule has 0 saturated carbocycles. The van der Waals surface area contributed by atoms with Crippen molar-refractivity contribution < 1.29 is 67.1 Å². The minimum Gasteiger partial charge on any atom is -0.457 e. The lowest BCUT2D eigenvalue weighted by molar-refractivity contribution is -0.381. The van der Waals surface area contributed by atoms with Crippen LogP contribution in [0.5, 0.6) is 0 Å². The Morgan fingerprint density at radius 2 is 0.942 bits per heavy atom. The molecule has 69 heavy (non-hydrogen) atoms. The van der Waals surface area contributed by atoms with E-state index in [-0.39, 0.29) is 67.5 Å². The number of carbonyl (C=O) groups is 1. The van der Waals surface area contributed by atoms with E-state index in [4.69, 9.17) is 52.1 Å². The molecule has 14 heteroatoms. The van der Waals surface area contributed by atoms with Crippen LogP contribution >= 0.6 is 0 Å². The van der Waals surface area contributed by atoms with Crippen molar-refractivity contribution in [3.8, 4) is 0 Å². The molecule has 0 bridgehead atoms. The average Bonchev–Trinajstić information content (AvgIpc) is 3.36. The molecule has 0 spiro atoms. The Hall–Kier alpha value is -3.35. The van der Waals surface area contributed by atoms with E-state index in [1.54, 1.807) is 0 Å². The number of hydrogen-bond donors (Lipinski definition) is 2. The highest BCUT2D eigenvalue weighted by Gasteiger charge is 2.55. The molecule has 4 aliphatic rings. The van der Waals surface area contributed by atoms with Gasteiger partial charge in [-0.05, 0) is 53.2 Å². The number of aliphatic hydroxyl groups is 2. The van der Waals surface area contributed by atoms with Gasteiger partial charge >= 0.3 is 5.97 Å². The van der Waals surface area contributed by atoms with E-state index in [9.17, 15) is 15.0 Å². The Bertz CT molecular complexity index is 1960. The van der Waals surface area contributed by atoms with Gasteiger partial charge < -0.3 is 62.3 Å². The van der Waals surface area contributed by atoms with Crippen LogP contribution in [0.1, 0.15) is 91.8 Å². The number of benzene rings is 3. The van der Waals surface area contributed by atoms with Gasteiger partial charge in [-0.2, -0.15) is 0 Å². The molecule has 4 aliphatic heterocycles. The molecule has 4 saturated heterocycles. The highest BCUT2D eigenvalue weighted by molar-refractivity contribution is 5.66. The Labute approximate surface area is 409 Å². The zero-order valence-corrected chi connectivity index (χ0v) is 42.0. The van der Waals surface area contributed by atoms with Crippen LogP contribution in [0.15, 0.2) is 91.0 Å². The highest BCUT2D eigenvalue weighted by atomic mass is 16.8. The number of esters is 1. The minimum absolute atomic E-state index is 0.0384. The van der Waals surface area contributed by atoms with Crippen LogP contribution in [0.25, 0.3) is 0 Å². The molecule has 7 rings (SSSR count). The summed E-state index contributed by atoms with van der Waals surface area (Å²) in [6, 6.07) is 29.6. The first-order chi connectivity index (χ1) is 33.3. The SMILES string of the molecule is CCC1O[C@H](OCC2O[C@@H](O[C@@H]3C(COCc4ccccc4)O[C@@H](OCc4ccccc4)C(C)[C@H]3C)C(OCc3ccccc3)[C@@H](O[C@@H]3OC(CC)[C@H](C)[C@@H](C)C3OC(C)=O)[C@@H]2O)C(O)[C@@H](C)[C@@H]1C. The summed E-state index contributed by atoms with van der Waals surface area (Å²) in [5, 5.41) is 24.0. The zero-order chi connectivity index (χ0) is 49.2. The molecule has 0 aromatic heterocycles. The predicted octanol–water partition coefficient (Wildman–Crippen LogP) is 7.98. The quantitative estimate of drug-likeness (QED) is 0.105. The van der Waals surface area contributed by atoms with Crippen molar-refractivity contribution in [1.29, 1.82) is 0 Å². The molecule has 382 valence electrons. The average molecular weight is 963 g/mol. The van der Waals surface area contributed by atoms with E-state index in [0.717, 1.165) is 23.1 Å². The summed E-state index contributed by atoms with van der Waals surface area (Å²) in [6.45, 7) is 18.6. The second kappa shape index (κ2) is 25.3. The summed E-state index contributed by atoms with van der Waals surface area (Å²) in [6.07, 6.45) is -10.5. The lowest BCUT2D eigenvalue weighted by Gasteiger charge is -2.51. The number of ether oxygens (including phenoxy) is 11. The maximum atomic E-state index is 12.7. The smallest absolute Gasteiger partial charge is 0.303 e. The molecule has 0 aliphatic carbocycles. The van der Waals surface area contributed by atoms with Gasteiger partial charge in [0, 0.05) is 18.8 Å². The fourth-order valence-electron chi connectivity index (χ4n) is 10.2. The number of rotatable bonds is 20. The third-order valence-corrected chi connectivity index (χ3v) is 15.2. The lowest BCUT2D eigenvalue weighted by atomic mass is 9.82. The van der Waals surface area contributed by atoms with E-state index >= 15 is 0 Å². The van der Waals surface area contributed by atoms with Gasteiger partial charge in [-0.25, -0.2) is 0 Å². The number of hydrogen-bond acceptors (Lipinski definition) is 14. The standard InChI is InChI=1S/C55H78O14/c1-10-42-32(3)34(5)46(57)53(64-42)62-31-44-47(58)50(69-54-49(63-38(9)56)35(6)33(4)43(11-2)65-54)51(60-28-40-23-17-13-18-24-40)55(66-44)68-48-36(7)37(8)52(61-29-41-25-19-14-20-26-41)67-45(48)30-59-27-39-21-15-12-16-22-39/h12-26,32-37,42-55,57-58H,10-11,27-31H2,1-9H3/t32-,33+,34-,35+,36+,37?,42?,43?,44?,45?,46?,47+,48-,49?,50-,51?,52+,53-,54-,55-/m0/s1. The molecule has 2 N–H and O–H groups in total. The Morgan fingerprint density at radius 1 is 0.464 bits per heavy atom. The minimum atomic E-state index is -1.39. The summed E-state index contributed by atoms with van der Waals surface area (Å²) in [7, 11) is 0. The third kappa shape index (κ3) is 13.4. The van der Waals surface area contributed by atoms with Crippen LogP contribution in [0.2, 0.25) is 0 Å². The maximum absolute atomic E-state index is 12.7. The number of aliphatic hydroxyl groups excluding tert-OH is 2. The molecular formula is C55H78O14. The van der Waals surface area contributed by atoms with Gasteiger partial charge in [0.15, 0.2) is 31.3 Å². The van der Waals surface area contributed by atoms with Gasteiger partial charge in [0.2, 0.25) is 0 Å². The number of carbonyl (C=O) groups excluding carboxylic acids is 1. The van der Waals surface area contributed by atoms with Crippen LogP contribution in [0, 0.1) is 35.5 Å². The van der Waals surface area contributed by atoms with Crippen molar-refractivity contribution in [1.82, 2.24) is 0 Å². The van der Waals surface area contributed by atoms with Crippen LogP contribution in [-0.4, -0.2) is 116 Å². The first-order valence-corrected chi connectivity index (χ1v) is 25.3. The zero-order valence-electron chi connectivity index (χ0n) is 42.0. The molecule has 20 atom stereocenters. The second-order valence-electron chi connectivity index (χ2n) is 19.8.